The van der Waals surface area contributed by atoms with E-state index in [1.54, 1.807) is 0 Å². The van der Waals surface area contributed by atoms with Crippen molar-refractivity contribution in [2.24, 2.45) is 11.8 Å². The van der Waals surface area contributed by atoms with E-state index in [1.807, 2.05) is 0 Å². The van der Waals surface area contributed by atoms with Gasteiger partial charge in [0.05, 0.1) is 27.3 Å². The third kappa shape index (κ3) is 5.04. The highest BCUT2D eigenvalue weighted by Gasteiger charge is 2.56. The fraction of sp³-hybridized carbons (Fsp3) is 0.346. The molecule has 0 radical (unpaired) electrons. The van der Waals surface area contributed by atoms with Crippen LogP contribution in [0.5, 0.6) is 0 Å². The summed E-state index contributed by atoms with van der Waals surface area (Å²) in [4.78, 5) is 38.2. The number of sulfone groups is 1. The lowest BCUT2D eigenvalue weighted by Gasteiger charge is -2.42. The fourth-order valence-electron chi connectivity index (χ4n) is 5.78. The normalized spacial score (nSPS) is 24.5. The van der Waals surface area contributed by atoms with Crippen LogP contribution in [0.25, 0.3) is 0 Å². The van der Waals surface area contributed by atoms with Crippen LogP contribution in [0.4, 0.5) is 14.5 Å². The van der Waals surface area contributed by atoms with Crippen LogP contribution in [0.3, 0.4) is 0 Å². The van der Waals surface area contributed by atoms with Crippen molar-refractivity contribution >= 4 is 33.0 Å². The number of halogens is 3. The first-order chi connectivity index (χ1) is 18.4. The van der Waals surface area contributed by atoms with Gasteiger partial charge in [-0.1, -0.05) is 11.6 Å². The molecule has 1 unspecified atom stereocenters. The van der Waals surface area contributed by atoms with Gasteiger partial charge in [0.15, 0.2) is 21.5 Å². The van der Waals surface area contributed by atoms with Crippen LogP contribution in [0.2, 0.25) is 5.02 Å². The smallest absolute Gasteiger partial charge is 0.328 e. The number of hydrogen-bond acceptors (Lipinski definition) is 6. The molecule has 5 rings (SSSR count). The first-order valence-corrected chi connectivity index (χ1v) is 14.1. The Bertz CT molecular complexity index is 1680. The molecule has 0 saturated heterocycles. The van der Waals surface area contributed by atoms with Crippen molar-refractivity contribution in [3.8, 4) is 0 Å². The maximum atomic E-state index is 13.7. The molecule has 206 valence electrons. The predicted molar refractivity (Wildman–Crippen MR) is 138 cm³/mol. The summed E-state index contributed by atoms with van der Waals surface area (Å²) < 4.78 is 55.4. The number of amides is 1. The highest BCUT2D eigenvalue weighted by molar-refractivity contribution is 7.92. The van der Waals surface area contributed by atoms with Gasteiger partial charge in [-0.2, -0.15) is 0 Å². The van der Waals surface area contributed by atoms with Crippen molar-refractivity contribution in [1.29, 1.82) is 0 Å². The first kappa shape index (κ1) is 27.2. The Labute approximate surface area is 226 Å². The third-order valence-corrected chi connectivity index (χ3v) is 10.5. The average molecular weight is 580 g/mol. The molecule has 39 heavy (non-hydrogen) atoms. The molecule has 1 amide bonds. The summed E-state index contributed by atoms with van der Waals surface area (Å²) in [5.41, 5.74) is -2.60. The van der Waals surface area contributed by atoms with Crippen LogP contribution in [0.1, 0.15) is 36.0 Å². The molecule has 1 heterocycles. The molecule has 2 bridgehead atoms. The molecule has 2 saturated carbocycles. The second kappa shape index (κ2) is 10.00. The van der Waals surface area contributed by atoms with Crippen LogP contribution in [0, 0.1) is 23.5 Å². The van der Waals surface area contributed by atoms with Gasteiger partial charge in [0, 0.05) is 29.6 Å². The number of benzene rings is 2. The van der Waals surface area contributed by atoms with E-state index in [9.17, 15) is 36.7 Å². The molecule has 4 atom stereocenters. The number of carbonyl (C=O) groups excluding carboxylic acids is 1. The number of nitrogens with one attached hydrogen (secondary N) is 2. The minimum absolute atomic E-state index is 0.0111. The lowest BCUT2D eigenvalue weighted by Crippen LogP contribution is -2.52. The van der Waals surface area contributed by atoms with Crippen molar-refractivity contribution in [2.45, 2.75) is 48.0 Å². The topological polar surface area (TPSA) is 138 Å². The van der Waals surface area contributed by atoms with Gasteiger partial charge in [-0.3, -0.25) is 19.1 Å². The van der Waals surface area contributed by atoms with Crippen LogP contribution >= 0.6 is 11.6 Å². The number of H-pyrrole nitrogens is 1. The molecule has 0 aliphatic heterocycles. The van der Waals surface area contributed by atoms with Crippen molar-refractivity contribution in [3.63, 3.8) is 0 Å². The summed E-state index contributed by atoms with van der Waals surface area (Å²) in [7, 11) is -4.05. The van der Waals surface area contributed by atoms with E-state index >= 15 is 0 Å². The van der Waals surface area contributed by atoms with E-state index in [2.05, 4.69) is 10.3 Å². The summed E-state index contributed by atoms with van der Waals surface area (Å²) in [5.74, 6) is -3.81. The number of anilines is 1. The molecule has 2 aromatic carbocycles. The Morgan fingerprint density at radius 2 is 1.77 bits per heavy atom. The molecule has 2 aliphatic carbocycles. The Morgan fingerprint density at radius 1 is 1.08 bits per heavy atom. The molecule has 9 nitrogen and oxygen atoms in total. The number of aromatic amines is 1. The minimum atomic E-state index is -4.05. The molecule has 2 fully saturated rings. The van der Waals surface area contributed by atoms with Crippen molar-refractivity contribution < 1.29 is 27.1 Å². The van der Waals surface area contributed by atoms with Crippen molar-refractivity contribution in [2.75, 3.05) is 5.32 Å². The van der Waals surface area contributed by atoms with E-state index in [1.165, 1.54) is 35.0 Å². The third-order valence-electron chi connectivity index (χ3n) is 7.81. The number of fused-ring (bicyclic) bond motifs is 2. The van der Waals surface area contributed by atoms with E-state index in [0.717, 1.165) is 18.2 Å². The monoisotopic (exact) mass is 579 g/mol. The van der Waals surface area contributed by atoms with E-state index in [-0.39, 0.29) is 40.6 Å². The maximum Gasteiger partial charge on any atom is 0.328 e. The van der Waals surface area contributed by atoms with Gasteiger partial charge in [0.1, 0.15) is 0 Å². The number of aromatic nitrogens is 2. The van der Waals surface area contributed by atoms with Gasteiger partial charge in [-0.05, 0) is 67.9 Å². The Balaban J connectivity index is 1.38. The molecule has 3 N–H and O–H groups in total. The van der Waals surface area contributed by atoms with E-state index in [4.69, 9.17) is 11.6 Å². The molecule has 13 heteroatoms. The second-order valence-corrected chi connectivity index (χ2v) is 12.7. The summed E-state index contributed by atoms with van der Waals surface area (Å²) in [5, 5.41) is 13.0. The van der Waals surface area contributed by atoms with Gasteiger partial charge in [-0.15, -0.1) is 0 Å². The first-order valence-electron chi connectivity index (χ1n) is 12.2. The zero-order chi connectivity index (χ0) is 28.1. The zero-order valence-electron chi connectivity index (χ0n) is 20.4. The van der Waals surface area contributed by atoms with Gasteiger partial charge in [0.25, 0.3) is 11.5 Å². The van der Waals surface area contributed by atoms with Crippen molar-refractivity contribution in [3.05, 3.63) is 91.7 Å². The molecule has 1 aromatic heterocycles. The highest BCUT2D eigenvalue weighted by atomic mass is 35.5. The fourth-order valence-corrected chi connectivity index (χ4v) is 8.18. The summed E-state index contributed by atoms with van der Waals surface area (Å²) in [6.45, 7) is -0.0783. The molecule has 3 aromatic rings. The average Bonchev–Trinajstić information content (AvgIpc) is 3.04. The standard InChI is InChI=1S/C26H24ClF2N3O6S/c27-19-5-1-14(24(34)30-17-4-6-20(28)21(29)12-17)9-22(19)39(37,38)18-10-15-2-3-16(11-18)26(15,36)13-32-8-7-23(33)31-25(32)35/h1,4-9,12,15-16,18,36H,2-3,10-11,13H2,(H,30,34)(H,31,33,35)/t15-,16?,18-,26-/m0/s1. The second-order valence-electron chi connectivity index (χ2n) is 10.1. The molecular weight excluding hydrogens is 556 g/mol. The number of carbonyl (C=O) groups is 1. The summed E-state index contributed by atoms with van der Waals surface area (Å²) in [6, 6.07) is 7.77. The quantitative estimate of drug-likeness (QED) is 0.410. The zero-order valence-corrected chi connectivity index (χ0v) is 21.9. The molecular formula is C26H24ClF2N3O6S. The van der Waals surface area contributed by atoms with Gasteiger partial charge in [0.2, 0.25) is 0 Å². The van der Waals surface area contributed by atoms with Gasteiger partial charge >= 0.3 is 5.69 Å². The van der Waals surface area contributed by atoms with Crippen LogP contribution in [-0.4, -0.2) is 39.8 Å². The van der Waals surface area contributed by atoms with Crippen molar-refractivity contribution in [1.82, 2.24) is 9.55 Å². The molecule has 2 aliphatic rings. The van der Waals surface area contributed by atoms with Crippen LogP contribution < -0.4 is 16.6 Å². The SMILES string of the molecule is O=C(Nc1ccc(F)c(F)c1)c1ccc(Cl)c(S(=O)(=O)[C@@H]2CC3CC[C@@H](C2)[C@@]3(O)Cn2ccc(=O)[nH]c2=O)c1. The Morgan fingerprint density at radius 3 is 2.41 bits per heavy atom. The Hall–Kier alpha value is -3.35. The predicted octanol–water partition coefficient (Wildman–Crippen LogP) is 3.11. The summed E-state index contributed by atoms with van der Waals surface area (Å²) >= 11 is 6.27. The lowest BCUT2D eigenvalue weighted by molar-refractivity contribution is -0.0722. The highest BCUT2D eigenvalue weighted by Crippen LogP contribution is 2.52. The van der Waals surface area contributed by atoms with E-state index in [0.29, 0.717) is 12.8 Å². The molecule has 0 spiro atoms. The van der Waals surface area contributed by atoms with Crippen LogP contribution in [-0.2, 0) is 16.4 Å². The number of nitrogens with zero attached hydrogens (tertiary/aromatic N) is 1. The number of rotatable bonds is 6. The number of hydrogen-bond donors (Lipinski definition) is 3. The largest absolute Gasteiger partial charge is 0.387 e. The lowest BCUT2D eigenvalue weighted by atomic mass is 9.74. The van der Waals surface area contributed by atoms with Gasteiger partial charge in [-0.25, -0.2) is 22.0 Å². The minimum Gasteiger partial charge on any atom is -0.387 e. The van der Waals surface area contributed by atoms with Crippen LogP contribution in [0.15, 0.2) is 63.1 Å². The van der Waals surface area contributed by atoms with E-state index < -0.39 is 61.3 Å². The number of aliphatic hydroxyl groups is 1. The summed E-state index contributed by atoms with van der Waals surface area (Å²) in [6.07, 6.45) is 2.67. The maximum absolute atomic E-state index is 13.7. The Kier molecular flexibility index (Phi) is 6.98. The van der Waals surface area contributed by atoms with Gasteiger partial charge < -0.3 is 10.4 Å².